The summed E-state index contributed by atoms with van der Waals surface area (Å²) in [7, 11) is 0. The number of hydrogen-bond acceptors (Lipinski definition) is 2. The van der Waals surface area contributed by atoms with Gasteiger partial charge in [0.15, 0.2) is 0 Å². The van der Waals surface area contributed by atoms with Crippen LogP contribution in [0.3, 0.4) is 0 Å². The van der Waals surface area contributed by atoms with Gasteiger partial charge < -0.3 is 5.73 Å². The summed E-state index contributed by atoms with van der Waals surface area (Å²) < 4.78 is 14.0. The Labute approximate surface area is 123 Å². The lowest BCUT2D eigenvalue weighted by atomic mass is 9.95. The number of carbonyl (C=O) groups excluding carboxylic acids is 1. The van der Waals surface area contributed by atoms with E-state index in [-0.39, 0.29) is 11.7 Å². The molecule has 2 aromatic rings. The van der Waals surface area contributed by atoms with Gasteiger partial charge in [0, 0.05) is 11.6 Å². The van der Waals surface area contributed by atoms with Gasteiger partial charge in [-0.15, -0.1) is 0 Å². The molecular weight excluding hydrogens is 267 g/mol. The summed E-state index contributed by atoms with van der Waals surface area (Å²) >= 11 is 0. The van der Waals surface area contributed by atoms with Crippen LogP contribution in [-0.2, 0) is 6.42 Å². The predicted molar refractivity (Wildman–Crippen MR) is 78.8 cm³/mol. The van der Waals surface area contributed by atoms with Crippen molar-refractivity contribution in [3.8, 4) is 0 Å². The average Bonchev–Trinajstić information content (AvgIpc) is 2.82. The monoisotopic (exact) mass is 284 g/mol. The molecule has 1 amide bonds. The Kier molecular flexibility index (Phi) is 3.24. The molecule has 0 saturated carbocycles. The normalized spacial score (nSPS) is 16.8. The smallest absolute Gasteiger partial charge is 0.250 e. The third-order valence-electron chi connectivity index (χ3n) is 4.16. The van der Waals surface area contributed by atoms with Crippen LogP contribution < -0.4 is 5.73 Å². The number of primary amides is 1. The van der Waals surface area contributed by atoms with E-state index in [2.05, 4.69) is 4.98 Å². The van der Waals surface area contributed by atoms with Crippen molar-refractivity contribution < 1.29 is 9.18 Å². The average molecular weight is 284 g/mol. The molecule has 3 nitrogen and oxygen atoms in total. The number of pyridine rings is 1. The van der Waals surface area contributed by atoms with Crippen LogP contribution in [0.1, 0.15) is 50.8 Å². The number of carbonyl (C=O) groups is 1. The fourth-order valence-electron chi connectivity index (χ4n) is 3.16. The summed E-state index contributed by atoms with van der Waals surface area (Å²) in [6.07, 6.45) is 1.57. The van der Waals surface area contributed by atoms with Crippen molar-refractivity contribution in [1.82, 2.24) is 4.98 Å². The number of nitrogens with two attached hydrogens (primary N) is 1. The number of hydrogen-bond donors (Lipinski definition) is 1. The van der Waals surface area contributed by atoms with Crippen LogP contribution in [0, 0.1) is 19.7 Å². The third-order valence-corrected chi connectivity index (χ3v) is 4.16. The quantitative estimate of drug-likeness (QED) is 0.921. The van der Waals surface area contributed by atoms with E-state index in [0.717, 1.165) is 35.2 Å². The van der Waals surface area contributed by atoms with E-state index in [1.165, 1.54) is 0 Å². The molecule has 0 saturated heterocycles. The van der Waals surface area contributed by atoms with Gasteiger partial charge in [-0.3, -0.25) is 9.78 Å². The highest BCUT2D eigenvalue weighted by atomic mass is 19.1. The fraction of sp³-hybridized carbons (Fsp3) is 0.294. The van der Waals surface area contributed by atoms with Crippen LogP contribution in [0.4, 0.5) is 4.39 Å². The highest BCUT2D eigenvalue weighted by Crippen LogP contribution is 2.39. The number of rotatable bonds is 2. The molecule has 3 rings (SSSR count). The first-order valence-electron chi connectivity index (χ1n) is 7.03. The molecule has 0 radical (unpaired) electrons. The van der Waals surface area contributed by atoms with Gasteiger partial charge in [-0.2, -0.15) is 0 Å². The molecule has 0 spiro atoms. The van der Waals surface area contributed by atoms with Crippen LogP contribution in [-0.4, -0.2) is 10.9 Å². The zero-order chi connectivity index (χ0) is 15.1. The number of benzene rings is 1. The summed E-state index contributed by atoms with van der Waals surface area (Å²) in [5.74, 6) is -0.506. The zero-order valence-corrected chi connectivity index (χ0v) is 12.1. The Hall–Kier alpha value is -2.23. The maximum atomic E-state index is 14.0. The minimum atomic E-state index is -0.472. The van der Waals surface area contributed by atoms with Crippen molar-refractivity contribution in [3.63, 3.8) is 0 Å². The number of fused-ring (bicyclic) bond motifs is 1. The SMILES string of the molecule is Cc1cc(F)c2c(c1)[C@H](c1ccc(C(N)=O)c(C)n1)CC2. The van der Waals surface area contributed by atoms with Gasteiger partial charge in [-0.05, 0) is 61.6 Å². The molecule has 0 aliphatic heterocycles. The van der Waals surface area contributed by atoms with Gasteiger partial charge in [-0.1, -0.05) is 6.07 Å². The number of aryl methyl sites for hydroxylation is 2. The van der Waals surface area contributed by atoms with Crippen molar-refractivity contribution in [2.75, 3.05) is 0 Å². The van der Waals surface area contributed by atoms with Gasteiger partial charge in [0.25, 0.3) is 5.91 Å². The highest BCUT2D eigenvalue weighted by Gasteiger charge is 2.28. The lowest BCUT2D eigenvalue weighted by Crippen LogP contribution is -2.14. The Bertz CT molecular complexity index is 740. The molecule has 1 heterocycles. The lowest BCUT2D eigenvalue weighted by Gasteiger charge is -2.14. The number of amides is 1. The zero-order valence-electron chi connectivity index (χ0n) is 12.1. The molecule has 108 valence electrons. The molecule has 21 heavy (non-hydrogen) atoms. The summed E-state index contributed by atoms with van der Waals surface area (Å²) in [5, 5.41) is 0. The van der Waals surface area contributed by atoms with Crippen LogP contribution in [0.5, 0.6) is 0 Å². The highest BCUT2D eigenvalue weighted by molar-refractivity contribution is 5.93. The minimum absolute atomic E-state index is 0.0926. The second-order valence-electron chi connectivity index (χ2n) is 5.64. The summed E-state index contributed by atoms with van der Waals surface area (Å²) in [6, 6.07) is 7.16. The predicted octanol–water partition coefficient (Wildman–Crippen LogP) is 3.01. The van der Waals surface area contributed by atoms with Crippen molar-refractivity contribution in [3.05, 3.63) is 63.7 Å². The van der Waals surface area contributed by atoms with E-state index in [4.69, 9.17) is 5.73 Å². The minimum Gasteiger partial charge on any atom is -0.366 e. The first kappa shape index (κ1) is 13.7. The van der Waals surface area contributed by atoms with Crippen LogP contribution in [0.25, 0.3) is 0 Å². The van der Waals surface area contributed by atoms with E-state index in [9.17, 15) is 9.18 Å². The lowest BCUT2D eigenvalue weighted by molar-refractivity contribution is 0.0999. The van der Waals surface area contributed by atoms with Gasteiger partial charge in [0.05, 0.1) is 11.3 Å². The van der Waals surface area contributed by atoms with Gasteiger partial charge in [0.1, 0.15) is 5.82 Å². The second kappa shape index (κ2) is 4.95. The maximum absolute atomic E-state index is 14.0. The molecule has 0 unspecified atom stereocenters. The number of nitrogens with zero attached hydrogens (tertiary/aromatic N) is 1. The first-order valence-corrected chi connectivity index (χ1v) is 7.03. The first-order chi connectivity index (χ1) is 9.97. The van der Waals surface area contributed by atoms with E-state index in [1.807, 2.05) is 19.1 Å². The van der Waals surface area contributed by atoms with Gasteiger partial charge in [0.2, 0.25) is 0 Å². The largest absolute Gasteiger partial charge is 0.366 e. The van der Waals surface area contributed by atoms with Gasteiger partial charge >= 0.3 is 0 Å². The van der Waals surface area contributed by atoms with Crippen molar-refractivity contribution >= 4 is 5.91 Å². The Morgan fingerprint density at radius 1 is 1.33 bits per heavy atom. The fourth-order valence-corrected chi connectivity index (χ4v) is 3.16. The molecule has 0 fully saturated rings. The molecular formula is C17H17FN2O. The molecule has 1 atom stereocenters. The van der Waals surface area contributed by atoms with E-state index in [1.54, 1.807) is 19.1 Å². The van der Waals surface area contributed by atoms with Crippen molar-refractivity contribution in [1.29, 1.82) is 0 Å². The van der Waals surface area contributed by atoms with Crippen LogP contribution in [0.2, 0.25) is 0 Å². The third kappa shape index (κ3) is 2.31. The van der Waals surface area contributed by atoms with Crippen molar-refractivity contribution in [2.24, 2.45) is 5.73 Å². The Morgan fingerprint density at radius 2 is 2.10 bits per heavy atom. The van der Waals surface area contributed by atoms with E-state index in [0.29, 0.717) is 11.3 Å². The van der Waals surface area contributed by atoms with Crippen molar-refractivity contribution in [2.45, 2.75) is 32.6 Å². The summed E-state index contributed by atoms with van der Waals surface area (Å²) in [4.78, 5) is 15.8. The van der Waals surface area contributed by atoms with Gasteiger partial charge in [-0.25, -0.2) is 4.39 Å². The Balaban J connectivity index is 2.05. The number of aromatic nitrogens is 1. The summed E-state index contributed by atoms with van der Waals surface area (Å²) in [5.41, 5.74) is 9.98. The standard InChI is InChI=1S/C17H17FN2O/c1-9-7-14-12(15(18)8-9)3-4-13(14)16-6-5-11(17(19)21)10(2)20-16/h5-8,13H,3-4H2,1-2H3,(H2,19,21)/t13-/m1/s1. The second-order valence-corrected chi connectivity index (χ2v) is 5.64. The van der Waals surface area contributed by atoms with E-state index < -0.39 is 5.91 Å². The van der Waals surface area contributed by atoms with Crippen LogP contribution >= 0.6 is 0 Å². The molecule has 1 aliphatic carbocycles. The van der Waals surface area contributed by atoms with Crippen LogP contribution in [0.15, 0.2) is 24.3 Å². The summed E-state index contributed by atoms with van der Waals surface area (Å²) in [6.45, 7) is 3.67. The molecule has 2 N–H and O–H groups in total. The Morgan fingerprint density at radius 3 is 2.76 bits per heavy atom. The molecule has 4 heteroatoms. The number of halogens is 1. The molecule has 1 aromatic heterocycles. The molecule has 1 aromatic carbocycles. The molecule has 1 aliphatic rings. The van der Waals surface area contributed by atoms with E-state index >= 15 is 0 Å². The maximum Gasteiger partial charge on any atom is 0.250 e. The molecule has 0 bridgehead atoms. The topological polar surface area (TPSA) is 56.0 Å².